The van der Waals surface area contributed by atoms with Gasteiger partial charge in [-0.25, -0.2) is 0 Å². The van der Waals surface area contributed by atoms with Crippen LogP contribution in [0.2, 0.25) is 0 Å². The fraction of sp³-hybridized carbons (Fsp3) is 0.200. The quantitative estimate of drug-likeness (QED) is 0.886. The molecular formula is C15H14N2O3S. The van der Waals surface area contributed by atoms with Gasteiger partial charge in [0.2, 0.25) is 0 Å². The monoisotopic (exact) mass is 302 g/mol. The predicted molar refractivity (Wildman–Crippen MR) is 79.3 cm³/mol. The molecule has 6 heteroatoms. The molecule has 0 bridgehead atoms. The lowest BCUT2D eigenvalue weighted by atomic mass is 10.1. The molecule has 0 saturated heterocycles. The number of hydrogen-bond donors (Lipinski definition) is 2. The van der Waals surface area contributed by atoms with Crippen LogP contribution in [0.25, 0.3) is 0 Å². The first-order chi connectivity index (χ1) is 10.2. The molecule has 0 fully saturated rings. The Labute approximate surface area is 126 Å². The van der Waals surface area contributed by atoms with E-state index in [-0.39, 0.29) is 12.5 Å². The minimum Gasteiger partial charge on any atom is -0.497 e. The van der Waals surface area contributed by atoms with Crippen LogP contribution in [0.5, 0.6) is 5.75 Å². The summed E-state index contributed by atoms with van der Waals surface area (Å²) < 4.78 is 5.09. The summed E-state index contributed by atoms with van der Waals surface area (Å²) in [7, 11) is 1.55. The SMILES string of the molecule is COc1cccc(C(O)CNC(=O)c2sccc2C#N)c1. The molecule has 5 nitrogen and oxygen atoms in total. The topological polar surface area (TPSA) is 82.3 Å². The highest BCUT2D eigenvalue weighted by Gasteiger charge is 2.15. The number of amides is 1. The third-order valence-electron chi connectivity index (χ3n) is 2.93. The number of benzene rings is 1. The van der Waals surface area contributed by atoms with Gasteiger partial charge >= 0.3 is 0 Å². The summed E-state index contributed by atoms with van der Waals surface area (Å²) >= 11 is 1.20. The molecule has 1 aromatic carbocycles. The van der Waals surface area contributed by atoms with E-state index in [2.05, 4.69) is 5.32 Å². The second-order valence-electron chi connectivity index (χ2n) is 4.28. The highest BCUT2D eigenvalue weighted by atomic mass is 32.1. The fourth-order valence-electron chi connectivity index (χ4n) is 1.81. The third-order valence-corrected chi connectivity index (χ3v) is 3.84. The molecule has 21 heavy (non-hydrogen) atoms. The number of rotatable bonds is 5. The molecule has 0 aliphatic heterocycles. The maximum absolute atomic E-state index is 12.0. The number of aliphatic hydroxyl groups excluding tert-OH is 1. The molecule has 108 valence electrons. The Balaban J connectivity index is 1.99. The van der Waals surface area contributed by atoms with Crippen LogP contribution >= 0.6 is 11.3 Å². The molecule has 1 atom stereocenters. The van der Waals surface area contributed by atoms with Crippen LogP contribution < -0.4 is 10.1 Å². The molecule has 0 radical (unpaired) electrons. The van der Waals surface area contributed by atoms with Crippen molar-refractivity contribution in [1.82, 2.24) is 5.32 Å². The van der Waals surface area contributed by atoms with Crippen LogP contribution in [-0.2, 0) is 0 Å². The Bertz CT molecular complexity index is 676. The first-order valence-corrected chi connectivity index (χ1v) is 7.11. The number of aliphatic hydroxyl groups is 1. The van der Waals surface area contributed by atoms with E-state index in [9.17, 15) is 9.90 Å². The van der Waals surface area contributed by atoms with Crippen molar-refractivity contribution >= 4 is 17.2 Å². The molecule has 2 N–H and O–H groups in total. The van der Waals surface area contributed by atoms with Gasteiger partial charge in [-0.05, 0) is 29.1 Å². The summed E-state index contributed by atoms with van der Waals surface area (Å²) in [6.45, 7) is 0.0643. The number of ether oxygens (including phenoxy) is 1. The maximum Gasteiger partial charge on any atom is 0.262 e. The number of nitriles is 1. The van der Waals surface area contributed by atoms with Crippen molar-refractivity contribution in [2.75, 3.05) is 13.7 Å². The van der Waals surface area contributed by atoms with Gasteiger partial charge in [-0.1, -0.05) is 12.1 Å². The zero-order valence-corrected chi connectivity index (χ0v) is 12.2. The Morgan fingerprint density at radius 1 is 1.52 bits per heavy atom. The van der Waals surface area contributed by atoms with Gasteiger partial charge in [0.25, 0.3) is 5.91 Å². The van der Waals surface area contributed by atoms with Crippen molar-refractivity contribution < 1.29 is 14.6 Å². The zero-order chi connectivity index (χ0) is 15.2. The summed E-state index contributed by atoms with van der Waals surface area (Å²) in [6.07, 6.45) is -0.838. The molecule has 1 unspecified atom stereocenters. The maximum atomic E-state index is 12.0. The zero-order valence-electron chi connectivity index (χ0n) is 11.4. The molecule has 0 aliphatic carbocycles. The number of nitrogens with zero attached hydrogens (tertiary/aromatic N) is 1. The normalized spacial score (nSPS) is 11.5. The van der Waals surface area contributed by atoms with Gasteiger partial charge in [-0.2, -0.15) is 5.26 Å². The fourth-order valence-corrected chi connectivity index (χ4v) is 2.57. The standard InChI is InChI=1S/C15H14N2O3S/c1-20-12-4-2-3-10(7-12)13(18)9-17-15(19)14-11(8-16)5-6-21-14/h2-7,13,18H,9H2,1H3,(H,17,19). The number of carbonyl (C=O) groups is 1. The van der Waals surface area contributed by atoms with Crippen molar-refractivity contribution in [2.24, 2.45) is 0 Å². The number of carbonyl (C=O) groups excluding carboxylic acids is 1. The molecule has 1 amide bonds. The van der Waals surface area contributed by atoms with Gasteiger partial charge in [0.1, 0.15) is 16.7 Å². The van der Waals surface area contributed by atoms with Crippen molar-refractivity contribution in [3.05, 3.63) is 51.7 Å². The molecule has 2 rings (SSSR count). The van der Waals surface area contributed by atoms with Crippen molar-refractivity contribution in [3.8, 4) is 11.8 Å². The van der Waals surface area contributed by atoms with E-state index in [1.807, 2.05) is 6.07 Å². The van der Waals surface area contributed by atoms with E-state index < -0.39 is 6.10 Å². The van der Waals surface area contributed by atoms with Crippen molar-refractivity contribution in [1.29, 1.82) is 5.26 Å². The molecular weight excluding hydrogens is 288 g/mol. The lowest BCUT2D eigenvalue weighted by molar-refractivity contribution is 0.0920. The van der Waals surface area contributed by atoms with E-state index in [0.29, 0.717) is 21.8 Å². The molecule has 1 aromatic heterocycles. The van der Waals surface area contributed by atoms with Crippen molar-refractivity contribution in [3.63, 3.8) is 0 Å². The summed E-state index contributed by atoms with van der Waals surface area (Å²) in [5, 5.41) is 23.3. The van der Waals surface area contributed by atoms with Crippen LogP contribution in [0.1, 0.15) is 26.9 Å². The molecule has 0 spiro atoms. The molecule has 0 saturated carbocycles. The van der Waals surface area contributed by atoms with E-state index in [1.54, 1.807) is 42.8 Å². The van der Waals surface area contributed by atoms with Crippen LogP contribution in [0.4, 0.5) is 0 Å². The van der Waals surface area contributed by atoms with E-state index in [4.69, 9.17) is 10.00 Å². The minimum absolute atomic E-state index is 0.0643. The predicted octanol–water partition coefficient (Wildman–Crippen LogP) is 2.09. The summed E-state index contributed by atoms with van der Waals surface area (Å²) in [6, 6.07) is 10.6. The number of methoxy groups -OCH3 is 1. The number of thiophene rings is 1. The largest absolute Gasteiger partial charge is 0.497 e. The Kier molecular flexibility index (Phi) is 4.93. The summed E-state index contributed by atoms with van der Waals surface area (Å²) in [5.74, 6) is 0.284. The first-order valence-electron chi connectivity index (χ1n) is 6.23. The third kappa shape index (κ3) is 3.60. The summed E-state index contributed by atoms with van der Waals surface area (Å²) in [4.78, 5) is 12.3. The molecule has 2 aromatic rings. The van der Waals surface area contributed by atoms with E-state index in [1.165, 1.54) is 11.3 Å². The number of nitrogens with one attached hydrogen (secondary N) is 1. The Morgan fingerprint density at radius 2 is 2.33 bits per heavy atom. The van der Waals surface area contributed by atoms with Crippen LogP contribution in [0.3, 0.4) is 0 Å². The van der Waals surface area contributed by atoms with E-state index >= 15 is 0 Å². The average Bonchev–Trinajstić information content (AvgIpc) is 3.01. The highest BCUT2D eigenvalue weighted by molar-refractivity contribution is 7.12. The molecule has 1 heterocycles. The lowest BCUT2D eigenvalue weighted by Gasteiger charge is -2.13. The van der Waals surface area contributed by atoms with Gasteiger partial charge in [-0.15, -0.1) is 11.3 Å². The van der Waals surface area contributed by atoms with Crippen LogP contribution in [-0.4, -0.2) is 24.7 Å². The average molecular weight is 302 g/mol. The highest BCUT2D eigenvalue weighted by Crippen LogP contribution is 2.19. The van der Waals surface area contributed by atoms with Crippen LogP contribution in [0, 0.1) is 11.3 Å². The lowest BCUT2D eigenvalue weighted by Crippen LogP contribution is -2.28. The van der Waals surface area contributed by atoms with E-state index in [0.717, 1.165) is 0 Å². The smallest absolute Gasteiger partial charge is 0.262 e. The Hall–Kier alpha value is -2.36. The minimum atomic E-state index is -0.838. The van der Waals surface area contributed by atoms with Gasteiger partial charge in [0, 0.05) is 6.54 Å². The van der Waals surface area contributed by atoms with Gasteiger partial charge in [-0.3, -0.25) is 4.79 Å². The number of hydrogen-bond acceptors (Lipinski definition) is 5. The van der Waals surface area contributed by atoms with Crippen LogP contribution in [0.15, 0.2) is 35.7 Å². The van der Waals surface area contributed by atoms with Crippen molar-refractivity contribution in [2.45, 2.75) is 6.10 Å². The summed E-state index contributed by atoms with van der Waals surface area (Å²) in [5.41, 5.74) is 0.995. The first kappa shape index (κ1) is 15.0. The second-order valence-corrected chi connectivity index (χ2v) is 5.19. The molecule has 0 aliphatic rings. The second kappa shape index (κ2) is 6.88. The Morgan fingerprint density at radius 3 is 3.05 bits per heavy atom. The van der Waals surface area contributed by atoms with Gasteiger partial charge in [0.05, 0.1) is 18.8 Å². The van der Waals surface area contributed by atoms with Gasteiger partial charge < -0.3 is 15.2 Å². The van der Waals surface area contributed by atoms with Gasteiger partial charge in [0.15, 0.2) is 0 Å².